The zero-order chi connectivity index (χ0) is 13.9. The number of nitrogens with one attached hydrogen (secondary N) is 1. The fourth-order valence-electron chi connectivity index (χ4n) is 2.08. The lowest BCUT2D eigenvalue weighted by molar-refractivity contribution is 0.404. The van der Waals surface area contributed by atoms with Gasteiger partial charge in [0.15, 0.2) is 11.5 Å². The third kappa shape index (κ3) is 2.49. The lowest BCUT2D eigenvalue weighted by Crippen LogP contribution is -1.90. The molecule has 2 aromatic carbocycles. The van der Waals surface area contributed by atoms with E-state index in [4.69, 9.17) is 0 Å². The van der Waals surface area contributed by atoms with Gasteiger partial charge in [-0.25, -0.2) is 4.98 Å². The van der Waals surface area contributed by atoms with Gasteiger partial charge < -0.3 is 15.2 Å². The highest BCUT2D eigenvalue weighted by Crippen LogP contribution is 2.29. The zero-order valence-corrected chi connectivity index (χ0v) is 10.7. The van der Waals surface area contributed by atoms with E-state index in [2.05, 4.69) is 22.1 Å². The SMILES string of the molecule is Oc1ccc(-c2cnc(Cc3ccccc3)[nH]2)cc1O. The van der Waals surface area contributed by atoms with Crippen LogP contribution in [-0.2, 0) is 6.42 Å². The molecule has 3 N–H and O–H groups in total. The first-order valence-electron chi connectivity index (χ1n) is 6.32. The normalized spacial score (nSPS) is 10.6. The Balaban J connectivity index is 1.84. The van der Waals surface area contributed by atoms with Gasteiger partial charge in [-0.05, 0) is 23.8 Å². The Kier molecular flexibility index (Phi) is 3.13. The summed E-state index contributed by atoms with van der Waals surface area (Å²) in [6.45, 7) is 0. The van der Waals surface area contributed by atoms with E-state index in [0.29, 0.717) is 0 Å². The number of nitrogens with zero attached hydrogens (tertiary/aromatic N) is 1. The van der Waals surface area contributed by atoms with Crippen LogP contribution in [0.3, 0.4) is 0 Å². The van der Waals surface area contributed by atoms with Crippen molar-refractivity contribution in [3.63, 3.8) is 0 Å². The number of benzene rings is 2. The van der Waals surface area contributed by atoms with Crippen molar-refractivity contribution < 1.29 is 10.2 Å². The Morgan fingerprint density at radius 3 is 2.50 bits per heavy atom. The van der Waals surface area contributed by atoms with E-state index in [0.717, 1.165) is 23.5 Å². The van der Waals surface area contributed by atoms with Crippen molar-refractivity contribution in [2.45, 2.75) is 6.42 Å². The molecule has 100 valence electrons. The molecular weight excluding hydrogens is 252 g/mol. The van der Waals surface area contributed by atoms with Gasteiger partial charge >= 0.3 is 0 Å². The van der Waals surface area contributed by atoms with Crippen LogP contribution in [0.15, 0.2) is 54.7 Å². The first-order chi connectivity index (χ1) is 9.72. The average Bonchev–Trinajstić information content (AvgIpc) is 2.91. The van der Waals surface area contributed by atoms with Crippen LogP contribution in [0.4, 0.5) is 0 Å². The molecule has 1 heterocycles. The lowest BCUT2D eigenvalue weighted by atomic mass is 10.1. The fraction of sp³-hybridized carbons (Fsp3) is 0.0625. The van der Waals surface area contributed by atoms with Crippen LogP contribution in [-0.4, -0.2) is 20.2 Å². The molecule has 0 saturated heterocycles. The van der Waals surface area contributed by atoms with Crippen LogP contribution in [0.2, 0.25) is 0 Å². The molecule has 0 bridgehead atoms. The summed E-state index contributed by atoms with van der Waals surface area (Å²) in [6, 6.07) is 14.8. The molecule has 4 nitrogen and oxygen atoms in total. The molecule has 0 spiro atoms. The summed E-state index contributed by atoms with van der Waals surface area (Å²) >= 11 is 0. The third-order valence-corrected chi connectivity index (χ3v) is 3.13. The molecule has 0 atom stereocenters. The predicted octanol–water partition coefficient (Wildman–Crippen LogP) is 3.08. The Bertz CT molecular complexity index is 720. The number of H-pyrrole nitrogens is 1. The standard InChI is InChI=1S/C16H14N2O2/c19-14-7-6-12(9-15(14)20)13-10-17-16(18-13)8-11-4-2-1-3-5-11/h1-7,9-10,19-20H,8H2,(H,17,18). The molecule has 20 heavy (non-hydrogen) atoms. The Labute approximate surface area is 116 Å². The first-order valence-corrected chi connectivity index (χ1v) is 6.32. The van der Waals surface area contributed by atoms with Gasteiger partial charge in [-0.2, -0.15) is 0 Å². The summed E-state index contributed by atoms with van der Waals surface area (Å²) in [5, 5.41) is 18.8. The second-order valence-electron chi connectivity index (χ2n) is 4.61. The van der Waals surface area contributed by atoms with Gasteiger partial charge in [0.05, 0.1) is 11.9 Å². The highest BCUT2D eigenvalue weighted by molar-refractivity contribution is 5.63. The van der Waals surface area contributed by atoms with Crippen LogP contribution < -0.4 is 0 Å². The van der Waals surface area contributed by atoms with Gasteiger partial charge in [-0.3, -0.25) is 0 Å². The maximum atomic E-state index is 9.52. The van der Waals surface area contributed by atoms with Crippen molar-refractivity contribution in [1.29, 1.82) is 0 Å². The molecular formula is C16H14N2O2. The smallest absolute Gasteiger partial charge is 0.158 e. The minimum absolute atomic E-state index is 0.127. The summed E-state index contributed by atoms with van der Waals surface area (Å²) in [7, 11) is 0. The van der Waals surface area contributed by atoms with Gasteiger partial charge in [0.25, 0.3) is 0 Å². The fourth-order valence-corrected chi connectivity index (χ4v) is 2.08. The monoisotopic (exact) mass is 266 g/mol. The van der Waals surface area contributed by atoms with Crippen LogP contribution in [0.5, 0.6) is 11.5 Å². The highest BCUT2D eigenvalue weighted by Gasteiger charge is 2.07. The molecule has 0 amide bonds. The van der Waals surface area contributed by atoms with Crippen molar-refractivity contribution in [1.82, 2.24) is 9.97 Å². The second-order valence-corrected chi connectivity index (χ2v) is 4.61. The zero-order valence-electron chi connectivity index (χ0n) is 10.7. The number of aromatic hydroxyl groups is 2. The maximum absolute atomic E-state index is 9.52. The molecule has 0 aliphatic heterocycles. The van der Waals surface area contributed by atoms with E-state index in [1.54, 1.807) is 12.3 Å². The maximum Gasteiger partial charge on any atom is 0.158 e. The summed E-state index contributed by atoms with van der Waals surface area (Å²) in [4.78, 5) is 7.56. The van der Waals surface area contributed by atoms with Crippen molar-refractivity contribution >= 4 is 0 Å². The molecule has 0 radical (unpaired) electrons. The van der Waals surface area contributed by atoms with E-state index < -0.39 is 0 Å². The van der Waals surface area contributed by atoms with E-state index in [1.165, 1.54) is 17.7 Å². The minimum Gasteiger partial charge on any atom is -0.504 e. The van der Waals surface area contributed by atoms with Gasteiger partial charge in [-0.1, -0.05) is 30.3 Å². The summed E-state index contributed by atoms with van der Waals surface area (Å²) in [5.41, 5.74) is 2.78. The lowest BCUT2D eigenvalue weighted by Gasteiger charge is -2.01. The number of rotatable bonds is 3. The van der Waals surface area contributed by atoms with E-state index in [1.807, 2.05) is 18.2 Å². The topological polar surface area (TPSA) is 69.1 Å². The minimum atomic E-state index is -0.137. The van der Waals surface area contributed by atoms with Gasteiger partial charge in [0.1, 0.15) is 5.82 Å². The van der Waals surface area contributed by atoms with Crippen LogP contribution in [0.25, 0.3) is 11.3 Å². The first kappa shape index (κ1) is 12.3. The van der Waals surface area contributed by atoms with Crippen molar-refractivity contribution in [2.24, 2.45) is 0 Å². The second kappa shape index (κ2) is 5.09. The van der Waals surface area contributed by atoms with Gasteiger partial charge in [-0.15, -0.1) is 0 Å². The number of phenolic OH excluding ortho intramolecular Hbond substituents is 2. The number of hydrogen-bond donors (Lipinski definition) is 3. The Hall–Kier alpha value is -2.75. The number of aromatic amines is 1. The summed E-state index contributed by atoms with van der Waals surface area (Å²) in [6.07, 6.45) is 2.45. The number of phenols is 2. The summed E-state index contributed by atoms with van der Waals surface area (Å²) in [5.74, 6) is 0.596. The van der Waals surface area contributed by atoms with Crippen LogP contribution >= 0.6 is 0 Å². The Morgan fingerprint density at radius 1 is 0.950 bits per heavy atom. The molecule has 1 aromatic heterocycles. The molecule has 3 aromatic rings. The van der Waals surface area contributed by atoms with Crippen molar-refractivity contribution in [2.75, 3.05) is 0 Å². The third-order valence-electron chi connectivity index (χ3n) is 3.13. The number of aromatic nitrogens is 2. The number of hydrogen-bond acceptors (Lipinski definition) is 3. The molecule has 0 saturated carbocycles. The largest absolute Gasteiger partial charge is 0.504 e. The van der Waals surface area contributed by atoms with Crippen molar-refractivity contribution in [3.8, 4) is 22.8 Å². The quantitative estimate of drug-likeness (QED) is 0.638. The van der Waals surface area contributed by atoms with Gasteiger partial charge in [0, 0.05) is 12.0 Å². The molecule has 0 fully saturated rings. The van der Waals surface area contributed by atoms with E-state index in [9.17, 15) is 10.2 Å². The summed E-state index contributed by atoms with van der Waals surface area (Å²) < 4.78 is 0. The molecule has 0 aliphatic carbocycles. The van der Waals surface area contributed by atoms with Gasteiger partial charge in [0.2, 0.25) is 0 Å². The molecule has 4 heteroatoms. The van der Waals surface area contributed by atoms with E-state index >= 15 is 0 Å². The molecule has 0 aliphatic rings. The highest BCUT2D eigenvalue weighted by atomic mass is 16.3. The van der Waals surface area contributed by atoms with Crippen molar-refractivity contribution in [3.05, 3.63) is 66.1 Å². The average molecular weight is 266 g/mol. The number of imidazole rings is 1. The van der Waals surface area contributed by atoms with E-state index in [-0.39, 0.29) is 11.5 Å². The predicted molar refractivity (Wildman–Crippen MR) is 76.6 cm³/mol. The van der Waals surface area contributed by atoms with Crippen LogP contribution in [0, 0.1) is 0 Å². The molecule has 3 rings (SSSR count). The molecule has 0 unspecified atom stereocenters. The Morgan fingerprint density at radius 2 is 1.75 bits per heavy atom. The van der Waals surface area contributed by atoms with Crippen LogP contribution in [0.1, 0.15) is 11.4 Å².